The molecule has 5 rings (SSSR count). The Bertz CT molecular complexity index is 1310. The number of hydrogen-bond donors (Lipinski definition) is 0. The third kappa shape index (κ3) is 3.83. The molecule has 0 aliphatic heterocycles. The molecule has 0 radical (unpaired) electrons. The topological polar surface area (TPSA) is 9.23 Å². The van der Waals surface area contributed by atoms with Crippen LogP contribution in [0.2, 0.25) is 0 Å². The van der Waals surface area contributed by atoms with Crippen molar-refractivity contribution < 1.29 is 4.74 Å². The predicted octanol–water partition coefficient (Wildman–Crippen LogP) is 8.55. The molecule has 0 spiro atoms. The SMILES string of the molecule is COc1cc(C(C)P(Br)(c2ccccc2)(c2ccccc2)c2ccccc2)cc2c1C(C)(C)CC2(C)C. The van der Waals surface area contributed by atoms with Crippen LogP contribution in [0.5, 0.6) is 5.75 Å². The Morgan fingerprint density at radius 2 is 1.14 bits per heavy atom. The van der Waals surface area contributed by atoms with Crippen LogP contribution in [0.4, 0.5) is 0 Å². The zero-order valence-corrected chi connectivity index (χ0v) is 25.3. The van der Waals surface area contributed by atoms with Gasteiger partial charge in [0.1, 0.15) is 0 Å². The molecule has 1 aliphatic rings. The van der Waals surface area contributed by atoms with Gasteiger partial charge >= 0.3 is 232 Å². The van der Waals surface area contributed by atoms with Crippen LogP contribution in [0.15, 0.2) is 103 Å². The first kappa shape index (κ1) is 26.2. The number of hydrogen-bond acceptors (Lipinski definition) is 1. The zero-order chi connectivity index (χ0) is 26.5. The van der Waals surface area contributed by atoms with Crippen LogP contribution in [0, 0.1) is 0 Å². The van der Waals surface area contributed by atoms with Gasteiger partial charge in [0.25, 0.3) is 0 Å². The zero-order valence-electron chi connectivity index (χ0n) is 22.8. The second-order valence-corrected chi connectivity index (χ2v) is 20.7. The van der Waals surface area contributed by atoms with E-state index in [2.05, 4.69) is 153 Å². The summed E-state index contributed by atoms with van der Waals surface area (Å²) in [7, 11) is 1.82. The van der Waals surface area contributed by atoms with Crippen molar-refractivity contribution in [2.45, 2.75) is 57.5 Å². The number of methoxy groups -OCH3 is 1. The molecule has 0 N–H and O–H groups in total. The summed E-state index contributed by atoms with van der Waals surface area (Å²) >= 11 is 4.69. The van der Waals surface area contributed by atoms with Gasteiger partial charge in [-0.1, -0.05) is 0 Å². The molecule has 3 heteroatoms. The van der Waals surface area contributed by atoms with E-state index in [0.29, 0.717) is 0 Å². The predicted molar refractivity (Wildman–Crippen MR) is 166 cm³/mol. The molecule has 37 heavy (non-hydrogen) atoms. The Balaban J connectivity index is 1.89. The summed E-state index contributed by atoms with van der Waals surface area (Å²) in [6.45, 7) is 11.9. The summed E-state index contributed by atoms with van der Waals surface area (Å²) in [4.78, 5) is 0. The summed E-state index contributed by atoms with van der Waals surface area (Å²) in [5, 5.41) is 0.802. The first-order chi connectivity index (χ1) is 17.5. The van der Waals surface area contributed by atoms with E-state index in [1.165, 1.54) is 32.6 Å². The van der Waals surface area contributed by atoms with Crippen molar-refractivity contribution >= 4 is 36.7 Å². The van der Waals surface area contributed by atoms with Gasteiger partial charge in [-0.15, -0.1) is 0 Å². The van der Waals surface area contributed by atoms with E-state index in [1.54, 1.807) is 0 Å². The molecule has 1 atom stereocenters. The van der Waals surface area contributed by atoms with Crippen LogP contribution < -0.4 is 20.7 Å². The standard InChI is InChI=1S/C34H38BrOP/c1-25(26-22-30-32(31(23-26)36-6)34(4,5)24-33(30,2)3)37(35,27-16-10-7-11-17-27,28-18-12-8-13-19-28)29-20-14-9-15-21-29/h7-23,25H,24H2,1-6H3. The first-order valence-electron chi connectivity index (χ1n) is 13.2. The van der Waals surface area contributed by atoms with Crippen LogP contribution in [-0.4, -0.2) is 7.11 Å². The minimum absolute atomic E-state index is 0.0736. The van der Waals surface area contributed by atoms with Crippen molar-refractivity contribution in [2.75, 3.05) is 7.11 Å². The van der Waals surface area contributed by atoms with Gasteiger partial charge in [0.2, 0.25) is 0 Å². The molecule has 0 fully saturated rings. The van der Waals surface area contributed by atoms with Crippen LogP contribution >= 0.6 is 20.8 Å². The average molecular weight is 574 g/mol. The fourth-order valence-corrected chi connectivity index (χ4v) is 15.2. The van der Waals surface area contributed by atoms with Gasteiger partial charge < -0.3 is 0 Å². The Morgan fingerprint density at radius 3 is 1.54 bits per heavy atom. The van der Waals surface area contributed by atoms with E-state index < -0.39 is 5.31 Å². The molecular weight excluding hydrogens is 535 g/mol. The molecule has 4 aromatic carbocycles. The molecule has 1 aliphatic carbocycles. The Kier molecular flexibility index (Phi) is 6.45. The van der Waals surface area contributed by atoms with Gasteiger partial charge in [-0.3, -0.25) is 0 Å². The van der Waals surface area contributed by atoms with Crippen molar-refractivity contribution in [1.82, 2.24) is 0 Å². The van der Waals surface area contributed by atoms with Crippen molar-refractivity contribution in [2.24, 2.45) is 0 Å². The minimum atomic E-state index is -3.19. The summed E-state index contributed by atoms with van der Waals surface area (Å²) in [5.74, 6) is 1.02. The van der Waals surface area contributed by atoms with Gasteiger partial charge in [0, 0.05) is 0 Å². The first-order valence-corrected chi connectivity index (χ1v) is 17.5. The molecule has 1 unspecified atom stereocenters. The molecule has 0 amide bonds. The summed E-state index contributed by atoms with van der Waals surface area (Å²) in [6.07, 6.45) is 1.11. The van der Waals surface area contributed by atoms with Gasteiger partial charge in [-0.2, -0.15) is 0 Å². The van der Waals surface area contributed by atoms with Gasteiger partial charge in [-0.05, 0) is 0 Å². The molecule has 0 saturated heterocycles. The fraction of sp³-hybridized carbons (Fsp3) is 0.294. The van der Waals surface area contributed by atoms with Gasteiger partial charge in [0.15, 0.2) is 0 Å². The number of fused-ring (bicyclic) bond motifs is 1. The molecule has 192 valence electrons. The van der Waals surface area contributed by atoms with Crippen LogP contribution in [-0.2, 0) is 10.8 Å². The normalized spacial score (nSPS) is 17.9. The van der Waals surface area contributed by atoms with E-state index in [1.807, 2.05) is 7.11 Å². The summed E-state index contributed by atoms with van der Waals surface area (Å²) < 4.78 is 6.14. The Morgan fingerprint density at radius 1 is 0.703 bits per heavy atom. The third-order valence-electron chi connectivity index (χ3n) is 8.63. The summed E-state index contributed by atoms with van der Waals surface area (Å²) in [6, 6.07) is 38.0. The van der Waals surface area contributed by atoms with Crippen molar-refractivity contribution in [1.29, 1.82) is 0 Å². The van der Waals surface area contributed by atoms with E-state index >= 15 is 0 Å². The molecular formula is C34H38BrOP. The molecule has 0 saturated carbocycles. The molecule has 0 bridgehead atoms. The number of rotatable bonds is 6. The average Bonchev–Trinajstić information content (AvgIpc) is 3.12. The fourth-order valence-electron chi connectivity index (χ4n) is 7.12. The van der Waals surface area contributed by atoms with Gasteiger partial charge in [-0.25, -0.2) is 0 Å². The number of halogens is 1. The van der Waals surface area contributed by atoms with E-state index in [-0.39, 0.29) is 16.5 Å². The second kappa shape index (κ2) is 9.11. The van der Waals surface area contributed by atoms with Crippen LogP contribution in [0.1, 0.15) is 63.4 Å². The maximum absolute atomic E-state index is 6.14. The van der Waals surface area contributed by atoms with Crippen molar-refractivity contribution in [3.05, 3.63) is 120 Å². The van der Waals surface area contributed by atoms with Crippen LogP contribution in [0.25, 0.3) is 0 Å². The molecule has 0 aromatic heterocycles. The second-order valence-electron chi connectivity index (χ2n) is 11.8. The molecule has 4 aromatic rings. The Hall–Kier alpha value is -2.41. The molecule has 0 heterocycles. The third-order valence-corrected chi connectivity index (χ3v) is 19.8. The summed E-state index contributed by atoms with van der Waals surface area (Å²) in [5.41, 5.74) is 4.40. The van der Waals surface area contributed by atoms with Crippen molar-refractivity contribution in [3.8, 4) is 5.75 Å². The monoisotopic (exact) mass is 572 g/mol. The number of benzene rings is 4. The number of ether oxygens (including phenoxy) is 1. The quantitative estimate of drug-likeness (QED) is 0.210. The van der Waals surface area contributed by atoms with E-state index in [9.17, 15) is 0 Å². The van der Waals surface area contributed by atoms with E-state index in [0.717, 1.165) is 12.2 Å². The van der Waals surface area contributed by atoms with Crippen molar-refractivity contribution in [3.63, 3.8) is 0 Å². The van der Waals surface area contributed by atoms with E-state index in [4.69, 9.17) is 4.74 Å². The van der Waals surface area contributed by atoms with Gasteiger partial charge in [0.05, 0.1) is 0 Å². The maximum atomic E-state index is 6.14. The Labute approximate surface area is 231 Å². The van der Waals surface area contributed by atoms with Crippen LogP contribution in [0.3, 0.4) is 0 Å². The molecule has 1 nitrogen and oxygen atoms in total.